The van der Waals surface area contributed by atoms with Crippen LogP contribution >= 0.6 is 11.6 Å². The summed E-state index contributed by atoms with van der Waals surface area (Å²) < 4.78 is 0. The van der Waals surface area contributed by atoms with Crippen molar-refractivity contribution in [2.45, 2.75) is 25.4 Å². The summed E-state index contributed by atoms with van der Waals surface area (Å²) in [7, 11) is 0. The Labute approximate surface area is 153 Å². The molecule has 0 spiro atoms. The van der Waals surface area contributed by atoms with Gasteiger partial charge in [0, 0.05) is 45.0 Å². The zero-order chi connectivity index (χ0) is 17.8. The van der Waals surface area contributed by atoms with Gasteiger partial charge in [0.1, 0.15) is 11.9 Å². The van der Waals surface area contributed by atoms with Gasteiger partial charge in [0.25, 0.3) is 0 Å². The maximum Gasteiger partial charge on any atom is 0.240 e. The van der Waals surface area contributed by atoms with E-state index in [1.807, 2.05) is 17.0 Å². The topological polar surface area (TPSA) is 69.9 Å². The van der Waals surface area contributed by atoms with Crippen molar-refractivity contribution in [3.8, 4) is 0 Å². The molecule has 2 saturated heterocycles. The van der Waals surface area contributed by atoms with Gasteiger partial charge in [0.2, 0.25) is 11.8 Å². The highest BCUT2D eigenvalue weighted by Gasteiger charge is 2.30. The fourth-order valence-electron chi connectivity index (χ4n) is 3.76. The van der Waals surface area contributed by atoms with E-state index in [0.717, 1.165) is 44.7 Å². The number of carbonyl (C=O) groups is 2. The number of anilines is 1. The van der Waals surface area contributed by atoms with Gasteiger partial charge >= 0.3 is 0 Å². The summed E-state index contributed by atoms with van der Waals surface area (Å²) in [5.74, 6) is -0.199. The van der Waals surface area contributed by atoms with E-state index in [0.29, 0.717) is 13.1 Å². The monoisotopic (exact) mass is 364 g/mol. The number of benzene rings is 1. The van der Waals surface area contributed by atoms with Crippen molar-refractivity contribution in [1.29, 1.82) is 0 Å². The molecule has 0 saturated carbocycles. The second-order valence-electron chi connectivity index (χ2n) is 6.67. The molecule has 2 fully saturated rings. The highest BCUT2D eigenvalue weighted by atomic mass is 35.5. The van der Waals surface area contributed by atoms with Crippen LogP contribution in [-0.2, 0) is 16.1 Å². The molecule has 2 N–H and O–H groups in total. The Morgan fingerprint density at radius 3 is 2.52 bits per heavy atom. The molecule has 2 aliphatic rings. The molecule has 1 aromatic carbocycles. The van der Waals surface area contributed by atoms with E-state index in [1.165, 1.54) is 5.56 Å². The first kappa shape index (κ1) is 18.0. The Balaban J connectivity index is 1.68. The lowest BCUT2D eigenvalue weighted by Crippen LogP contribution is -2.48. The quantitative estimate of drug-likeness (QED) is 0.792. The number of alkyl halides is 1. The largest absolute Gasteiger partial charge is 0.368 e. The second-order valence-corrected chi connectivity index (χ2v) is 6.94. The van der Waals surface area contributed by atoms with Gasteiger partial charge in [-0.05, 0) is 24.5 Å². The molecule has 0 bridgehead atoms. The number of halogens is 1. The number of hydrogen-bond acceptors (Lipinski definition) is 4. The Kier molecular flexibility index (Phi) is 5.81. The standard InChI is InChI=1S/C18H25ClN4O2/c19-12-17(24)22-10-8-21(9-11-22)13-14-4-1-2-5-15(14)23-7-3-6-16(23)18(20)25/h1-2,4-5,16H,3,6-13H2,(H2,20,25). The summed E-state index contributed by atoms with van der Waals surface area (Å²) >= 11 is 5.64. The third kappa shape index (κ3) is 4.07. The summed E-state index contributed by atoms with van der Waals surface area (Å²) in [4.78, 5) is 29.7. The summed E-state index contributed by atoms with van der Waals surface area (Å²) in [6, 6.07) is 8.01. The van der Waals surface area contributed by atoms with Gasteiger partial charge in [0.05, 0.1) is 0 Å². The maximum absolute atomic E-state index is 11.7. The van der Waals surface area contributed by atoms with Crippen molar-refractivity contribution < 1.29 is 9.59 Å². The van der Waals surface area contributed by atoms with Crippen LogP contribution in [0.15, 0.2) is 24.3 Å². The first-order chi connectivity index (χ1) is 12.1. The number of carbonyl (C=O) groups excluding carboxylic acids is 2. The average Bonchev–Trinajstić information content (AvgIpc) is 3.12. The third-order valence-electron chi connectivity index (χ3n) is 5.12. The zero-order valence-corrected chi connectivity index (χ0v) is 15.1. The van der Waals surface area contributed by atoms with Crippen LogP contribution in [0, 0.1) is 0 Å². The van der Waals surface area contributed by atoms with Gasteiger partial charge in [-0.1, -0.05) is 18.2 Å². The highest BCUT2D eigenvalue weighted by Crippen LogP contribution is 2.29. The molecule has 2 amide bonds. The minimum absolute atomic E-state index is 0.00286. The van der Waals surface area contributed by atoms with Crippen LogP contribution in [0.5, 0.6) is 0 Å². The first-order valence-electron chi connectivity index (χ1n) is 8.80. The number of rotatable bonds is 5. The fourth-order valence-corrected chi connectivity index (χ4v) is 3.93. The van der Waals surface area contributed by atoms with Crippen molar-refractivity contribution in [3.63, 3.8) is 0 Å². The minimum atomic E-state index is -0.250. The minimum Gasteiger partial charge on any atom is -0.368 e. The Morgan fingerprint density at radius 1 is 1.12 bits per heavy atom. The first-order valence-corrected chi connectivity index (χ1v) is 9.33. The summed E-state index contributed by atoms with van der Waals surface area (Å²) in [5, 5.41) is 0. The second kappa shape index (κ2) is 8.06. The van der Waals surface area contributed by atoms with Crippen molar-refractivity contribution in [2.75, 3.05) is 43.5 Å². The smallest absolute Gasteiger partial charge is 0.240 e. The average molecular weight is 365 g/mol. The molecule has 6 nitrogen and oxygen atoms in total. The molecule has 0 radical (unpaired) electrons. The molecule has 0 aromatic heterocycles. The SMILES string of the molecule is NC(=O)C1CCCN1c1ccccc1CN1CCN(C(=O)CCl)CC1. The molecule has 2 aliphatic heterocycles. The van der Waals surface area contributed by atoms with Gasteiger partial charge in [-0.2, -0.15) is 0 Å². The number of primary amides is 1. The molecule has 3 rings (SSSR count). The van der Waals surface area contributed by atoms with Crippen LogP contribution in [-0.4, -0.2) is 66.3 Å². The molecule has 1 unspecified atom stereocenters. The van der Waals surface area contributed by atoms with Gasteiger partial charge in [-0.15, -0.1) is 11.6 Å². The van der Waals surface area contributed by atoms with Crippen LogP contribution in [0.3, 0.4) is 0 Å². The number of hydrogen-bond donors (Lipinski definition) is 1. The fraction of sp³-hybridized carbons (Fsp3) is 0.556. The zero-order valence-electron chi connectivity index (χ0n) is 14.4. The van der Waals surface area contributed by atoms with E-state index in [4.69, 9.17) is 17.3 Å². The lowest BCUT2D eigenvalue weighted by Gasteiger charge is -2.35. The number of nitrogens with two attached hydrogens (primary N) is 1. The van der Waals surface area contributed by atoms with E-state index in [9.17, 15) is 9.59 Å². The van der Waals surface area contributed by atoms with Crippen LogP contribution in [0.4, 0.5) is 5.69 Å². The molecule has 0 aliphatic carbocycles. The predicted molar refractivity (Wildman–Crippen MR) is 98.6 cm³/mol. The maximum atomic E-state index is 11.7. The highest BCUT2D eigenvalue weighted by molar-refractivity contribution is 6.27. The van der Waals surface area contributed by atoms with Crippen molar-refractivity contribution >= 4 is 29.1 Å². The number of piperazine rings is 1. The normalized spacial score (nSPS) is 21.6. The molecular formula is C18H25ClN4O2. The Bertz CT molecular complexity index is 631. The van der Waals surface area contributed by atoms with E-state index < -0.39 is 0 Å². The summed E-state index contributed by atoms with van der Waals surface area (Å²) in [6.45, 7) is 4.75. The summed E-state index contributed by atoms with van der Waals surface area (Å²) in [5.41, 5.74) is 7.88. The van der Waals surface area contributed by atoms with Gasteiger partial charge < -0.3 is 15.5 Å². The molecule has 1 atom stereocenters. The van der Waals surface area contributed by atoms with Crippen molar-refractivity contribution in [3.05, 3.63) is 29.8 Å². The molecule has 1 aromatic rings. The van der Waals surface area contributed by atoms with Crippen LogP contribution in [0.25, 0.3) is 0 Å². The third-order valence-corrected chi connectivity index (χ3v) is 5.34. The van der Waals surface area contributed by atoms with Gasteiger partial charge in [0.15, 0.2) is 0 Å². The molecule has 7 heteroatoms. The van der Waals surface area contributed by atoms with Crippen LogP contribution < -0.4 is 10.6 Å². The molecule has 25 heavy (non-hydrogen) atoms. The Hall–Kier alpha value is -1.79. The summed E-state index contributed by atoms with van der Waals surface area (Å²) in [6.07, 6.45) is 1.81. The Morgan fingerprint density at radius 2 is 1.84 bits per heavy atom. The predicted octanol–water partition coefficient (Wildman–Crippen LogP) is 1.02. The number of nitrogens with zero attached hydrogens (tertiary/aromatic N) is 3. The number of amides is 2. The van der Waals surface area contributed by atoms with E-state index in [1.54, 1.807) is 0 Å². The lowest BCUT2D eigenvalue weighted by atomic mass is 10.1. The van der Waals surface area contributed by atoms with E-state index >= 15 is 0 Å². The van der Waals surface area contributed by atoms with Crippen LogP contribution in [0.1, 0.15) is 18.4 Å². The van der Waals surface area contributed by atoms with Crippen LogP contribution in [0.2, 0.25) is 0 Å². The van der Waals surface area contributed by atoms with Gasteiger partial charge in [-0.3, -0.25) is 14.5 Å². The van der Waals surface area contributed by atoms with Gasteiger partial charge in [-0.25, -0.2) is 0 Å². The lowest BCUT2D eigenvalue weighted by molar-refractivity contribution is -0.130. The van der Waals surface area contributed by atoms with Crippen molar-refractivity contribution in [2.24, 2.45) is 5.73 Å². The van der Waals surface area contributed by atoms with E-state index in [-0.39, 0.29) is 23.7 Å². The molecule has 136 valence electrons. The van der Waals surface area contributed by atoms with E-state index in [2.05, 4.69) is 21.9 Å². The number of para-hydroxylation sites is 1. The molecular weight excluding hydrogens is 340 g/mol. The van der Waals surface area contributed by atoms with Crippen molar-refractivity contribution in [1.82, 2.24) is 9.80 Å². The molecule has 2 heterocycles.